The van der Waals surface area contributed by atoms with Crippen LogP contribution < -0.4 is 0 Å². The molecule has 3 aromatic heterocycles. The average molecular weight is 277 g/mol. The second kappa shape index (κ2) is 4.44. The van der Waals surface area contributed by atoms with Gasteiger partial charge in [-0.1, -0.05) is 11.6 Å². The van der Waals surface area contributed by atoms with Gasteiger partial charge in [0.25, 0.3) is 0 Å². The molecule has 0 unspecified atom stereocenters. The molecule has 0 saturated carbocycles. The third-order valence-electron chi connectivity index (χ3n) is 2.83. The van der Waals surface area contributed by atoms with E-state index < -0.39 is 5.97 Å². The number of aromatic nitrogens is 2. The van der Waals surface area contributed by atoms with Gasteiger partial charge in [-0.25, -0.2) is 9.78 Å². The maximum absolute atomic E-state index is 10.9. The third-order valence-corrected chi connectivity index (χ3v) is 3.11. The van der Waals surface area contributed by atoms with Gasteiger partial charge in [-0.15, -0.1) is 0 Å². The number of halogens is 1. The fourth-order valence-electron chi connectivity index (χ4n) is 1.94. The van der Waals surface area contributed by atoms with Gasteiger partial charge >= 0.3 is 5.97 Å². The van der Waals surface area contributed by atoms with Gasteiger partial charge in [0.05, 0.1) is 23.8 Å². The molecule has 6 heteroatoms. The van der Waals surface area contributed by atoms with Crippen LogP contribution in [0.4, 0.5) is 0 Å². The molecule has 19 heavy (non-hydrogen) atoms. The summed E-state index contributed by atoms with van der Waals surface area (Å²) in [6, 6.07) is 6.66. The van der Waals surface area contributed by atoms with Crippen LogP contribution in [-0.4, -0.2) is 20.5 Å². The Balaban J connectivity index is 2.09. The molecule has 0 fully saturated rings. The maximum atomic E-state index is 10.9. The minimum absolute atomic E-state index is 0.179. The summed E-state index contributed by atoms with van der Waals surface area (Å²) in [4.78, 5) is 15.2. The number of carboxylic acid groups (broad SMARTS) is 1. The van der Waals surface area contributed by atoms with Crippen LogP contribution in [0.15, 0.2) is 41.1 Å². The van der Waals surface area contributed by atoms with E-state index in [-0.39, 0.29) is 10.7 Å². The zero-order valence-electron chi connectivity index (χ0n) is 9.71. The molecule has 0 atom stereocenters. The van der Waals surface area contributed by atoms with Gasteiger partial charge in [-0.2, -0.15) is 0 Å². The Morgan fingerprint density at radius 2 is 2.32 bits per heavy atom. The van der Waals surface area contributed by atoms with Crippen molar-refractivity contribution in [2.24, 2.45) is 0 Å². The van der Waals surface area contributed by atoms with Crippen LogP contribution in [0, 0.1) is 0 Å². The molecule has 3 heterocycles. The molecule has 3 aromatic rings. The maximum Gasteiger partial charge on any atom is 0.335 e. The second-order valence-electron chi connectivity index (χ2n) is 4.05. The van der Waals surface area contributed by atoms with E-state index >= 15 is 0 Å². The van der Waals surface area contributed by atoms with E-state index in [0.717, 1.165) is 5.76 Å². The number of carbonyl (C=O) groups is 1. The van der Waals surface area contributed by atoms with Gasteiger partial charge in [0, 0.05) is 6.20 Å². The highest BCUT2D eigenvalue weighted by atomic mass is 35.5. The van der Waals surface area contributed by atoms with Gasteiger partial charge in [-0.3, -0.25) is 0 Å². The highest BCUT2D eigenvalue weighted by molar-refractivity contribution is 6.32. The van der Waals surface area contributed by atoms with E-state index in [1.807, 2.05) is 6.07 Å². The molecular formula is C13H9ClN2O3. The van der Waals surface area contributed by atoms with Crippen LogP contribution in [0.5, 0.6) is 0 Å². The normalized spacial score (nSPS) is 11.0. The monoisotopic (exact) mass is 276 g/mol. The highest BCUT2D eigenvalue weighted by Gasteiger charge is 2.13. The minimum atomic E-state index is -0.993. The first kappa shape index (κ1) is 11.8. The molecule has 1 N–H and O–H groups in total. The summed E-state index contributed by atoms with van der Waals surface area (Å²) >= 11 is 6.04. The van der Waals surface area contributed by atoms with Crippen molar-refractivity contribution in [1.82, 2.24) is 9.38 Å². The SMILES string of the molecule is O=C(O)c1ccn2c(Cc3ccco3)nc(Cl)c2c1. The topological polar surface area (TPSA) is 67.7 Å². The van der Waals surface area contributed by atoms with Gasteiger partial charge < -0.3 is 13.9 Å². The fourth-order valence-corrected chi connectivity index (χ4v) is 2.18. The predicted molar refractivity (Wildman–Crippen MR) is 68.7 cm³/mol. The first-order valence-electron chi connectivity index (χ1n) is 5.57. The van der Waals surface area contributed by atoms with Crippen molar-refractivity contribution in [3.8, 4) is 0 Å². The smallest absolute Gasteiger partial charge is 0.335 e. The van der Waals surface area contributed by atoms with E-state index in [2.05, 4.69) is 4.98 Å². The Morgan fingerprint density at radius 3 is 3.00 bits per heavy atom. The van der Waals surface area contributed by atoms with Crippen LogP contribution in [0.1, 0.15) is 21.9 Å². The van der Waals surface area contributed by atoms with Crippen LogP contribution in [0.25, 0.3) is 5.52 Å². The van der Waals surface area contributed by atoms with Crippen molar-refractivity contribution in [2.75, 3.05) is 0 Å². The summed E-state index contributed by atoms with van der Waals surface area (Å²) in [6.45, 7) is 0. The number of pyridine rings is 1. The molecular weight excluding hydrogens is 268 g/mol. The molecule has 0 aliphatic carbocycles. The quantitative estimate of drug-likeness (QED) is 0.799. The Kier molecular flexibility index (Phi) is 2.76. The van der Waals surface area contributed by atoms with Crippen molar-refractivity contribution in [2.45, 2.75) is 6.42 Å². The molecule has 0 spiro atoms. The zero-order chi connectivity index (χ0) is 13.4. The largest absolute Gasteiger partial charge is 0.478 e. The number of hydrogen-bond acceptors (Lipinski definition) is 3. The summed E-state index contributed by atoms with van der Waals surface area (Å²) in [5, 5.41) is 9.24. The highest BCUT2D eigenvalue weighted by Crippen LogP contribution is 2.21. The van der Waals surface area contributed by atoms with Gasteiger partial charge in [-0.05, 0) is 24.3 Å². The molecule has 0 saturated heterocycles. The number of aromatic carboxylic acids is 1. The molecule has 5 nitrogen and oxygen atoms in total. The van der Waals surface area contributed by atoms with Gasteiger partial charge in [0.15, 0.2) is 5.15 Å². The molecule has 0 bridgehead atoms. The molecule has 96 valence electrons. The Morgan fingerprint density at radius 1 is 1.47 bits per heavy atom. The minimum Gasteiger partial charge on any atom is -0.478 e. The molecule has 3 rings (SSSR count). The molecule has 0 amide bonds. The van der Waals surface area contributed by atoms with Crippen molar-refractivity contribution in [3.05, 3.63) is 59.0 Å². The van der Waals surface area contributed by atoms with Crippen molar-refractivity contribution < 1.29 is 14.3 Å². The van der Waals surface area contributed by atoms with Crippen LogP contribution in [-0.2, 0) is 6.42 Å². The molecule has 0 aliphatic heterocycles. The summed E-state index contributed by atoms with van der Waals surface area (Å²) in [5.41, 5.74) is 0.752. The standard InChI is InChI=1S/C13H9ClN2O3/c14-12-10-6-8(13(17)18)3-4-16(10)11(15-12)7-9-2-1-5-19-9/h1-6H,7H2,(H,17,18). The lowest BCUT2D eigenvalue weighted by Gasteiger charge is -2.00. The van der Waals surface area contributed by atoms with Crippen LogP contribution in [0.2, 0.25) is 5.15 Å². The fraction of sp³-hybridized carbons (Fsp3) is 0.0769. The van der Waals surface area contributed by atoms with Crippen molar-refractivity contribution >= 4 is 23.1 Å². The van der Waals surface area contributed by atoms with E-state index in [1.54, 1.807) is 22.9 Å². The average Bonchev–Trinajstić information content (AvgIpc) is 2.99. The summed E-state index contributed by atoms with van der Waals surface area (Å²) < 4.78 is 7.03. The number of rotatable bonds is 3. The van der Waals surface area contributed by atoms with Crippen LogP contribution >= 0.6 is 11.6 Å². The number of hydrogen-bond donors (Lipinski definition) is 1. The van der Waals surface area contributed by atoms with Crippen LogP contribution in [0.3, 0.4) is 0 Å². The van der Waals surface area contributed by atoms with Crippen molar-refractivity contribution in [1.29, 1.82) is 0 Å². The summed E-state index contributed by atoms with van der Waals surface area (Å²) in [5.74, 6) is 0.477. The first-order valence-corrected chi connectivity index (χ1v) is 5.95. The zero-order valence-corrected chi connectivity index (χ0v) is 10.5. The predicted octanol–water partition coefficient (Wildman–Crippen LogP) is 2.87. The summed E-state index contributed by atoms with van der Waals surface area (Å²) in [6.07, 6.45) is 3.73. The second-order valence-corrected chi connectivity index (χ2v) is 4.41. The van der Waals surface area contributed by atoms with Crippen molar-refractivity contribution in [3.63, 3.8) is 0 Å². The lowest BCUT2D eigenvalue weighted by atomic mass is 10.2. The number of imidazole rings is 1. The first-order chi connectivity index (χ1) is 9.15. The Hall–Kier alpha value is -2.27. The van der Waals surface area contributed by atoms with E-state index in [4.69, 9.17) is 21.1 Å². The van der Waals surface area contributed by atoms with Gasteiger partial charge in [0.2, 0.25) is 0 Å². The Bertz CT molecular complexity index is 747. The van der Waals surface area contributed by atoms with E-state index in [1.165, 1.54) is 12.1 Å². The number of nitrogens with zero attached hydrogens (tertiary/aromatic N) is 2. The van der Waals surface area contributed by atoms with E-state index in [0.29, 0.717) is 17.8 Å². The summed E-state index contributed by atoms with van der Waals surface area (Å²) in [7, 11) is 0. The molecule has 0 radical (unpaired) electrons. The Labute approximate surface area is 113 Å². The van der Waals surface area contributed by atoms with Gasteiger partial charge in [0.1, 0.15) is 11.6 Å². The number of carboxylic acids is 1. The lowest BCUT2D eigenvalue weighted by Crippen LogP contribution is -1.99. The number of fused-ring (bicyclic) bond motifs is 1. The molecule has 0 aliphatic rings. The third kappa shape index (κ3) is 2.08. The lowest BCUT2D eigenvalue weighted by molar-refractivity contribution is 0.0697. The van der Waals surface area contributed by atoms with E-state index in [9.17, 15) is 4.79 Å². The molecule has 0 aromatic carbocycles. The number of furan rings is 1.